The lowest BCUT2D eigenvalue weighted by molar-refractivity contribution is -0.154. The number of rotatable bonds is 1. The Bertz CT molecular complexity index is 642. The first kappa shape index (κ1) is 13.8. The molecule has 1 saturated carbocycles. The van der Waals surface area contributed by atoms with E-state index in [0.717, 1.165) is 30.4 Å². The van der Waals surface area contributed by atoms with Crippen molar-refractivity contribution < 1.29 is 18.7 Å². The molecule has 1 spiro atoms. The SMILES string of the molecule is CC1=CC(=O)C[C@H]2[C@H]1CCC[C@]21C[C@@H](c2ccoc2)OC1=O. The molecule has 1 aromatic rings. The molecule has 0 N–H and O–H groups in total. The first-order valence-corrected chi connectivity index (χ1v) is 8.04. The van der Waals surface area contributed by atoms with E-state index in [4.69, 9.17) is 9.15 Å². The van der Waals surface area contributed by atoms with Crippen LogP contribution >= 0.6 is 0 Å². The standard InChI is InChI=1S/C18H20O4/c1-11-7-13(19)8-15-14(11)3-2-5-18(15)9-16(22-17(18)20)12-4-6-21-10-12/h4,6-7,10,14-16H,2-3,5,8-9H2,1H3/t14-,15-,16-,18-/m0/s1. The first-order valence-electron chi connectivity index (χ1n) is 8.04. The summed E-state index contributed by atoms with van der Waals surface area (Å²) in [6.07, 6.45) is 8.88. The van der Waals surface area contributed by atoms with Crippen molar-refractivity contribution in [1.82, 2.24) is 0 Å². The van der Waals surface area contributed by atoms with Crippen LogP contribution in [-0.4, -0.2) is 11.8 Å². The van der Waals surface area contributed by atoms with E-state index >= 15 is 0 Å². The van der Waals surface area contributed by atoms with Crippen LogP contribution in [0.2, 0.25) is 0 Å². The zero-order chi connectivity index (χ0) is 15.3. The van der Waals surface area contributed by atoms with Gasteiger partial charge < -0.3 is 9.15 Å². The molecule has 22 heavy (non-hydrogen) atoms. The topological polar surface area (TPSA) is 56.5 Å². The highest BCUT2D eigenvalue weighted by atomic mass is 16.6. The number of ketones is 1. The molecule has 4 rings (SSSR count). The summed E-state index contributed by atoms with van der Waals surface area (Å²) in [5.74, 6) is 0.487. The van der Waals surface area contributed by atoms with E-state index in [1.54, 1.807) is 18.6 Å². The van der Waals surface area contributed by atoms with E-state index in [2.05, 4.69) is 0 Å². The number of carbonyl (C=O) groups is 2. The lowest BCUT2D eigenvalue weighted by Gasteiger charge is -2.45. The summed E-state index contributed by atoms with van der Waals surface area (Å²) < 4.78 is 10.8. The Hall–Kier alpha value is -1.84. The Morgan fingerprint density at radius 2 is 2.18 bits per heavy atom. The number of furan rings is 1. The molecule has 0 unspecified atom stereocenters. The van der Waals surface area contributed by atoms with Gasteiger partial charge >= 0.3 is 5.97 Å². The smallest absolute Gasteiger partial charge is 0.313 e. The lowest BCUT2D eigenvalue weighted by Crippen LogP contribution is -2.45. The largest absolute Gasteiger partial charge is 0.472 e. The van der Waals surface area contributed by atoms with Crippen molar-refractivity contribution in [2.75, 3.05) is 0 Å². The monoisotopic (exact) mass is 300 g/mol. The molecular weight excluding hydrogens is 280 g/mol. The molecule has 3 aliphatic rings. The number of cyclic esters (lactones) is 1. The molecule has 2 heterocycles. The maximum Gasteiger partial charge on any atom is 0.313 e. The minimum atomic E-state index is -0.490. The van der Waals surface area contributed by atoms with E-state index < -0.39 is 5.41 Å². The molecule has 4 atom stereocenters. The van der Waals surface area contributed by atoms with Gasteiger partial charge in [0.1, 0.15) is 6.10 Å². The fraction of sp³-hybridized carbons (Fsp3) is 0.556. The van der Waals surface area contributed by atoms with Gasteiger partial charge in [-0.25, -0.2) is 0 Å². The summed E-state index contributed by atoms with van der Waals surface area (Å²) in [5, 5.41) is 0. The Balaban J connectivity index is 1.69. The van der Waals surface area contributed by atoms with Gasteiger partial charge in [-0.2, -0.15) is 0 Å². The number of carbonyl (C=O) groups excluding carboxylic acids is 2. The van der Waals surface area contributed by atoms with Crippen LogP contribution in [0.25, 0.3) is 0 Å². The first-order chi connectivity index (χ1) is 10.6. The van der Waals surface area contributed by atoms with Crippen molar-refractivity contribution in [3.63, 3.8) is 0 Å². The van der Waals surface area contributed by atoms with E-state index in [-0.39, 0.29) is 23.8 Å². The minimum absolute atomic E-state index is 0.100. The maximum absolute atomic E-state index is 12.7. The van der Waals surface area contributed by atoms with Gasteiger partial charge in [0.15, 0.2) is 5.78 Å². The van der Waals surface area contributed by atoms with Gasteiger partial charge in [-0.3, -0.25) is 9.59 Å². The zero-order valence-corrected chi connectivity index (χ0v) is 12.7. The van der Waals surface area contributed by atoms with E-state index in [9.17, 15) is 9.59 Å². The second-order valence-corrected chi connectivity index (χ2v) is 6.97. The minimum Gasteiger partial charge on any atom is -0.472 e. The zero-order valence-electron chi connectivity index (χ0n) is 12.7. The third kappa shape index (κ3) is 1.89. The van der Waals surface area contributed by atoms with Crippen LogP contribution in [-0.2, 0) is 14.3 Å². The Labute approximate surface area is 129 Å². The average Bonchev–Trinajstić information content (AvgIpc) is 3.10. The van der Waals surface area contributed by atoms with Gasteiger partial charge in [0, 0.05) is 18.4 Å². The quantitative estimate of drug-likeness (QED) is 0.744. The number of esters is 1. The van der Waals surface area contributed by atoms with Gasteiger partial charge in [-0.05, 0) is 43.7 Å². The van der Waals surface area contributed by atoms with Crippen molar-refractivity contribution in [3.8, 4) is 0 Å². The van der Waals surface area contributed by atoms with Crippen LogP contribution in [0, 0.1) is 17.3 Å². The number of hydrogen-bond acceptors (Lipinski definition) is 4. The average molecular weight is 300 g/mol. The lowest BCUT2D eigenvalue weighted by atomic mass is 9.56. The summed E-state index contributed by atoms with van der Waals surface area (Å²) in [4.78, 5) is 24.8. The van der Waals surface area contributed by atoms with E-state index in [1.165, 1.54) is 0 Å². The van der Waals surface area contributed by atoms with Crippen LogP contribution in [0.1, 0.15) is 50.7 Å². The maximum atomic E-state index is 12.7. The van der Waals surface area contributed by atoms with Gasteiger partial charge in [0.2, 0.25) is 0 Å². The van der Waals surface area contributed by atoms with Crippen molar-refractivity contribution in [1.29, 1.82) is 0 Å². The van der Waals surface area contributed by atoms with Crippen LogP contribution in [0.5, 0.6) is 0 Å². The molecular formula is C18H20O4. The fourth-order valence-electron chi connectivity index (χ4n) is 4.78. The molecule has 0 aromatic carbocycles. The molecule has 0 radical (unpaired) electrons. The van der Waals surface area contributed by atoms with E-state index in [0.29, 0.717) is 18.8 Å². The predicted molar refractivity (Wildman–Crippen MR) is 78.8 cm³/mol. The van der Waals surface area contributed by atoms with Gasteiger partial charge in [0.05, 0.1) is 17.9 Å². The number of ether oxygens (including phenoxy) is 1. The summed E-state index contributed by atoms with van der Waals surface area (Å²) in [6.45, 7) is 2.03. The summed E-state index contributed by atoms with van der Waals surface area (Å²) in [7, 11) is 0. The van der Waals surface area contributed by atoms with Crippen molar-refractivity contribution >= 4 is 11.8 Å². The molecule has 2 aliphatic carbocycles. The molecule has 4 heteroatoms. The van der Waals surface area contributed by atoms with Crippen LogP contribution in [0.15, 0.2) is 34.7 Å². The number of hydrogen-bond donors (Lipinski definition) is 0. The molecule has 1 aromatic heterocycles. The highest BCUT2D eigenvalue weighted by molar-refractivity contribution is 5.93. The van der Waals surface area contributed by atoms with Crippen molar-refractivity contribution in [2.45, 2.75) is 45.1 Å². The summed E-state index contributed by atoms with van der Waals surface area (Å²) >= 11 is 0. The van der Waals surface area contributed by atoms with Crippen LogP contribution < -0.4 is 0 Å². The second kappa shape index (κ2) is 4.83. The summed E-state index contributed by atoms with van der Waals surface area (Å²) in [6, 6.07) is 1.86. The molecule has 1 saturated heterocycles. The molecule has 0 amide bonds. The van der Waals surface area contributed by atoms with E-state index in [1.807, 2.05) is 13.0 Å². The Kier molecular flexibility index (Phi) is 3.03. The third-order valence-corrected chi connectivity index (χ3v) is 5.85. The number of fused-ring (bicyclic) bond motifs is 2. The third-order valence-electron chi connectivity index (χ3n) is 5.85. The predicted octanol–water partition coefficient (Wildman–Crippen LogP) is 3.59. The fourth-order valence-corrected chi connectivity index (χ4v) is 4.78. The highest BCUT2D eigenvalue weighted by Gasteiger charge is 2.58. The normalized spacial score (nSPS) is 37.9. The van der Waals surface area contributed by atoms with Gasteiger partial charge in [-0.15, -0.1) is 0 Å². The highest BCUT2D eigenvalue weighted by Crippen LogP contribution is 2.58. The van der Waals surface area contributed by atoms with Gasteiger partial charge in [-0.1, -0.05) is 12.0 Å². The molecule has 0 bridgehead atoms. The molecule has 4 nitrogen and oxygen atoms in total. The van der Waals surface area contributed by atoms with Crippen LogP contribution in [0.3, 0.4) is 0 Å². The van der Waals surface area contributed by atoms with Crippen molar-refractivity contribution in [3.05, 3.63) is 35.8 Å². The summed E-state index contributed by atoms with van der Waals surface area (Å²) in [5.41, 5.74) is 1.57. The molecule has 2 fully saturated rings. The number of allylic oxidation sites excluding steroid dienone is 2. The Morgan fingerprint density at radius 1 is 1.32 bits per heavy atom. The molecule has 116 valence electrons. The van der Waals surface area contributed by atoms with Gasteiger partial charge in [0.25, 0.3) is 0 Å². The molecule has 1 aliphatic heterocycles. The van der Waals surface area contributed by atoms with Crippen molar-refractivity contribution in [2.24, 2.45) is 17.3 Å². The second-order valence-electron chi connectivity index (χ2n) is 6.97. The van der Waals surface area contributed by atoms with Crippen LogP contribution in [0.4, 0.5) is 0 Å². The Morgan fingerprint density at radius 3 is 2.95 bits per heavy atom.